The Kier molecular flexibility index (Phi) is 3.47. The predicted octanol–water partition coefficient (Wildman–Crippen LogP) is 3.23. The highest BCUT2D eigenvalue weighted by molar-refractivity contribution is 5.62. The molecule has 0 fully saturated rings. The number of rotatable bonds is 2. The minimum atomic E-state index is -4.38. The lowest BCUT2D eigenvalue weighted by molar-refractivity contribution is -0.137. The second-order valence-electron chi connectivity index (χ2n) is 3.80. The first kappa shape index (κ1) is 13.0. The van der Waals surface area contributed by atoms with Crippen LogP contribution in [0.2, 0.25) is 0 Å². The molecular weight excluding hydrogens is 255 g/mol. The van der Waals surface area contributed by atoms with E-state index in [4.69, 9.17) is 5.26 Å². The highest BCUT2D eigenvalue weighted by Crippen LogP contribution is 2.31. The Hall–Kier alpha value is -2.42. The average Bonchev–Trinajstić information content (AvgIpc) is 2.39. The molecule has 2 aromatic rings. The summed E-state index contributed by atoms with van der Waals surface area (Å²) in [6.45, 7) is 0. The van der Waals surface area contributed by atoms with E-state index in [0.29, 0.717) is 17.0 Å². The molecule has 0 saturated carbocycles. The summed E-state index contributed by atoms with van der Waals surface area (Å²) in [6.07, 6.45) is -1.48. The Labute approximate surface area is 107 Å². The Bertz CT molecular complexity index is 612. The van der Waals surface area contributed by atoms with Gasteiger partial charge in [0.2, 0.25) is 0 Å². The van der Waals surface area contributed by atoms with Gasteiger partial charge >= 0.3 is 6.18 Å². The van der Waals surface area contributed by atoms with Gasteiger partial charge in [0, 0.05) is 18.0 Å². The van der Waals surface area contributed by atoms with Crippen molar-refractivity contribution in [3.05, 3.63) is 48.0 Å². The fraction of sp³-hybridized carbons (Fsp3) is 0.154. The largest absolute Gasteiger partial charge is 0.416 e. The third-order valence-electron chi connectivity index (χ3n) is 2.47. The zero-order valence-corrected chi connectivity index (χ0v) is 9.65. The zero-order valence-electron chi connectivity index (χ0n) is 9.65. The van der Waals surface area contributed by atoms with E-state index in [2.05, 4.69) is 9.97 Å². The van der Waals surface area contributed by atoms with E-state index in [1.54, 1.807) is 6.07 Å². The number of nitriles is 1. The minimum absolute atomic E-state index is 0.0723. The summed E-state index contributed by atoms with van der Waals surface area (Å²) in [5, 5.41) is 8.48. The van der Waals surface area contributed by atoms with Gasteiger partial charge in [0.15, 0.2) is 0 Å². The molecule has 19 heavy (non-hydrogen) atoms. The van der Waals surface area contributed by atoms with E-state index in [1.165, 1.54) is 18.5 Å². The molecule has 1 aromatic heterocycles. The van der Waals surface area contributed by atoms with Gasteiger partial charge < -0.3 is 0 Å². The van der Waals surface area contributed by atoms with Crippen molar-refractivity contribution in [2.24, 2.45) is 0 Å². The lowest BCUT2D eigenvalue weighted by atomic mass is 10.1. The summed E-state index contributed by atoms with van der Waals surface area (Å²) in [4.78, 5) is 7.84. The van der Waals surface area contributed by atoms with Crippen molar-refractivity contribution in [3.63, 3.8) is 0 Å². The van der Waals surface area contributed by atoms with E-state index >= 15 is 0 Å². The van der Waals surface area contributed by atoms with Crippen molar-refractivity contribution >= 4 is 0 Å². The summed E-state index contributed by atoms with van der Waals surface area (Å²) >= 11 is 0. The lowest BCUT2D eigenvalue weighted by Gasteiger charge is -2.08. The Morgan fingerprint density at radius 2 is 1.79 bits per heavy atom. The van der Waals surface area contributed by atoms with E-state index in [1.807, 2.05) is 6.07 Å². The summed E-state index contributed by atoms with van der Waals surface area (Å²) in [5.41, 5.74) is 0.150. The summed E-state index contributed by atoms with van der Waals surface area (Å²) in [7, 11) is 0. The lowest BCUT2D eigenvalue weighted by Crippen LogP contribution is -2.04. The van der Waals surface area contributed by atoms with E-state index in [0.717, 1.165) is 12.1 Å². The molecule has 0 bridgehead atoms. The van der Waals surface area contributed by atoms with E-state index < -0.39 is 11.7 Å². The van der Waals surface area contributed by atoms with E-state index in [-0.39, 0.29) is 6.42 Å². The fourth-order valence-corrected chi connectivity index (χ4v) is 1.54. The van der Waals surface area contributed by atoms with Crippen molar-refractivity contribution in [2.45, 2.75) is 12.6 Å². The van der Waals surface area contributed by atoms with Crippen molar-refractivity contribution < 1.29 is 13.2 Å². The van der Waals surface area contributed by atoms with Gasteiger partial charge in [0.05, 0.1) is 18.1 Å². The summed E-state index contributed by atoms with van der Waals surface area (Å²) in [6, 6.07) is 6.84. The molecule has 0 saturated heterocycles. The molecule has 0 spiro atoms. The van der Waals surface area contributed by atoms with Crippen LogP contribution in [0.4, 0.5) is 13.2 Å². The molecule has 3 nitrogen and oxygen atoms in total. The SMILES string of the molecule is N#CCc1ncc(-c2cccc(C(F)(F)F)c2)cn1. The third-order valence-corrected chi connectivity index (χ3v) is 2.47. The molecule has 96 valence electrons. The Balaban J connectivity index is 2.34. The second kappa shape index (κ2) is 5.06. The molecular formula is C13H8F3N3. The maximum atomic E-state index is 12.6. The molecule has 2 rings (SSSR count). The number of hydrogen-bond donors (Lipinski definition) is 0. The number of aromatic nitrogens is 2. The van der Waals surface area contributed by atoms with Gasteiger partial charge in [0.25, 0.3) is 0 Å². The average molecular weight is 263 g/mol. The highest BCUT2D eigenvalue weighted by Gasteiger charge is 2.30. The summed E-state index contributed by atoms with van der Waals surface area (Å²) < 4.78 is 37.7. The van der Waals surface area contributed by atoms with Gasteiger partial charge in [-0.3, -0.25) is 0 Å². The van der Waals surface area contributed by atoms with Crippen LogP contribution in [0.25, 0.3) is 11.1 Å². The molecule has 0 unspecified atom stereocenters. The molecule has 0 amide bonds. The molecule has 0 radical (unpaired) electrons. The first-order valence-electron chi connectivity index (χ1n) is 5.36. The van der Waals surface area contributed by atoms with Crippen LogP contribution in [-0.2, 0) is 12.6 Å². The number of hydrogen-bond acceptors (Lipinski definition) is 3. The number of benzene rings is 1. The number of halogens is 3. The van der Waals surface area contributed by atoms with Crippen molar-refractivity contribution in [1.29, 1.82) is 5.26 Å². The maximum absolute atomic E-state index is 12.6. The number of alkyl halides is 3. The second-order valence-corrected chi connectivity index (χ2v) is 3.80. The predicted molar refractivity (Wildman–Crippen MR) is 61.8 cm³/mol. The molecule has 1 heterocycles. The quantitative estimate of drug-likeness (QED) is 0.835. The Morgan fingerprint density at radius 1 is 1.11 bits per heavy atom. The molecule has 0 aliphatic carbocycles. The van der Waals surface area contributed by atoms with Gasteiger partial charge in [-0.15, -0.1) is 0 Å². The first-order chi connectivity index (χ1) is 9.00. The topological polar surface area (TPSA) is 49.6 Å². The molecule has 0 aliphatic heterocycles. The van der Waals surface area contributed by atoms with Crippen LogP contribution < -0.4 is 0 Å². The van der Waals surface area contributed by atoms with Crippen LogP contribution in [-0.4, -0.2) is 9.97 Å². The monoisotopic (exact) mass is 263 g/mol. The molecule has 0 aliphatic rings. The standard InChI is InChI=1S/C13H8F3N3/c14-13(15,16)11-3-1-2-9(6-11)10-7-18-12(4-5-17)19-8-10/h1-3,6-8H,4H2. The van der Waals surface area contributed by atoms with Gasteiger partial charge in [-0.25, -0.2) is 9.97 Å². The molecule has 0 N–H and O–H groups in total. The van der Waals surface area contributed by atoms with Crippen molar-refractivity contribution in [2.75, 3.05) is 0 Å². The van der Waals surface area contributed by atoms with Crippen molar-refractivity contribution in [1.82, 2.24) is 9.97 Å². The van der Waals surface area contributed by atoms with Crippen LogP contribution in [0.15, 0.2) is 36.7 Å². The van der Waals surface area contributed by atoms with Gasteiger partial charge in [-0.05, 0) is 17.7 Å². The van der Waals surface area contributed by atoms with Crippen LogP contribution in [0.3, 0.4) is 0 Å². The fourth-order valence-electron chi connectivity index (χ4n) is 1.54. The molecule has 6 heteroatoms. The molecule has 0 atom stereocenters. The zero-order chi connectivity index (χ0) is 13.9. The molecule has 1 aromatic carbocycles. The normalized spacial score (nSPS) is 11.1. The summed E-state index contributed by atoms with van der Waals surface area (Å²) in [5.74, 6) is 0.346. The van der Waals surface area contributed by atoms with E-state index in [9.17, 15) is 13.2 Å². The maximum Gasteiger partial charge on any atom is 0.416 e. The number of nitrogens with zero attached hydrogens (tertiary/aromatic N) is 3. The third kappa shape index (κ3) is 3.07. The Morgan fingerprint density at radius 3 is 2.37 bits per heavy atom. The van der Waals surface area contributed by atoms with Crippen LogP contribution in [0, 0.1) is 11.3 Å². The first-order valence-corrected chi connectivity index (χ1v) is 5.36. The van der Waals surface area contributed by atoms with Crippen LogP contribution in [0.1, 0.15) is 11.4 Å². The van der Waals surface area contributed by atoms with Crippen LogP contribution >= 0.6 is 0 Å². The highest BCUT2D eigenvalue weighted by atomic mass is 19.4. The van der Waals surface area contributed by atoms with Gasteiger partial charge in [0.1, 0.15) is 5.82 Å². The van der Waals surface area contributed by atoms with Gasteiger partial charge in [-0.2, -0.15) is 18.4 Å². The van der Waals surface area contributed by atoms with Crippen LogP contribution in [0.5, 0.6) is 0 Å². The minimum Gasteiger partial charge on any atom is -0.240 e. The van der Waals surface area contributed by atoms with Crippen molar-refractivity contribution in [3.8, 4) is 17.2 Å². The smallest absolute Gasteiger partial charge is 0.240 e. The van der Waals surface area contributed by atoms with Gasteiger partial charge in [-0.1, -0.05) is 12.1 Å².